The van der Waals surface area contributed by atoms with Crippen LogP contribution in [0.3, 0.4) is 0 Å². The molecule has 5 heteroatoms. The largest absolute Gasteiger partial charge is 0.497 e. The van der Waals surface area contributed by atoms with Crippen molar-refractivity contribution in [3.63, 3.8) is 0 Å². The van der Waals surface area contributed by atoms with Crippen molar-refractivity contribution in [3.05, 3.63) is 65.2 Å². The molecule has 0 aliphatic heterocycles. The first-order chi connectivity index (χ1) is 14.5. The van der Waals surface area contributed by atoms with Gasteiger partial charge in [0, 0.05) is 19.5 Å². The van der Waals surface area contributed by atoms with Crippen LogP contribution in [0.5, 0.6) is 5.75 Å². The van der Waals surface area contributed by atoms with Gasteiger partial charge in [-0.3, -0.25) is 9.59 Å². The Labute approximate surface area is 180 Å². The molecule has 0 saturated heterocycles. The monoisotopic (exact) mass is 410 g/mol. The van der Waals surface area contributed by atoms with Crippen molar-refractivity contribution in [1.29, 1.82) is 0 Å². The fourth-order valence-corrected chi connectivity index (χ4v) is 3.28. The number of hydrogen-bond donors (Lipinski definition) is 1. The van der Waals surface area contributed by atoms with E-state index in [1.54, 1.807) is 18.9 Å². The summed E-state index contributed by atoms with van der Waals surface area (Å²) in [6.07, 6.45) is 2.87. The Kier molecular flexibility index (Phi) is 9.39. The zero-order valence-electron chi connectivity index (χ0n) is 18.6. The van der Waals surface area contributed by atoms with E-state index in [9.17, 15) is 9.59 Å². The van der Waals surface area contributed by atoms with Gasteiger partial charge in [-0.15, -0.1) is 0 Å². The Morgan fingerprint density at radius 1 is 1.03 bits per heavy atom. The molecule has 30 heavy (non-hydrogen) atoms. The molecule has 0 aromatic heterocycles. The highest BCUT2D eigenvalue weighted by atomic mass is 16.5. The van der Waals surface area contributed by atoms with E-state index >= 15 is 0 Å². The molecule has 1 atom stereocenters. The Hall–Kier alpha value is -2.82. The molecular formula is C25H34N2O3. The zero-order valence-corrected chi connectivity index (χ0v) is 18.6. The van der Waals surface area contributed by atoms with E-state index in [2.05, 4.69) is 36.5 Å². The molecule has 0 heterocycles. The summed E-state index contributed by atoms with van der Waals surface area (Å²) in [4.78, 5) is 27.4. The minimum atomic E-state index is -0.544. The van der Waals surface area contributed by atoms with Gasteiger partial charge in [0.25, 0.3) is 0 Å². The van der Waals surface area contributed by atoms with Crippen LogP contribution in [0.15, 0.2) is 48.5 Å². The molecule has 2 aromatic carbocycles. The van der Waals surface area contributed by atoms with Crippen LogP contribution in [-0.2, 0) is 29.0 Å². The number of carbonyl (C=O) groups excluding carboxylic acids is 2. The SMILES string of the molecule is CCCNC(=O)C(C)N(Cc1cccc(OC)c1)C(=O)CCc1ccc(CC)cc1. The number of aryl methyl sites for hydroxylation is 2. The van der Waals surface area contributed by atoms with E-state index in [-0.39, 0.29) is 11.8 Å². The maximum atomic E-state index is 13.1. The number of hydrogen-bond acceptors (Lipinski definition) is 3. The van der Waals surface area contributed by atoms with Crippen LogP contribution >= 0.6 is 0 Å². The Morgan fingerprint density at radius 2 is 1.73 bits per heavy atom. The van der Waals surface area contributed by atoms with Gasteiger partial charge < -0.3 is 15.0 Å². The summed E-state index contributed by atoms with van der Waals surface area (Å²) >= 11 is 0. The van der Waals surface area contributed by atoms with Crippen molar-refractivity contribution in [2.45, 2.75) is 59.0 Å². The van der Waals surface area contributed by atoms with E-state index < -0.39 is 6.04 Å². The van der Waals surface area contributed by atoms with E-state index in [4.69, 9.17) is 4.74 Å². The van der Waals surface area contributed by atoms with E-state index in [0.717, 1.165) is 29.7 Å². The molecule has 0 aliphatic carbocycles. The average molecular weight is 411 g/mol. The van der Waals surface area contributed by atoms with Crippen molar-refractivity contribution in [2.75, 3.05) is 13.7 Å². The second-order valence-corrected chi connectivity index (χ2v) is 7.51. The fourth-order valence-electron chi connectivity index (χ4n) is 3.28. The third kappa shape index (κ3) is 6.90. The van der Waals surface area contributed by atoms with Gasteiger partial charge in [-0.1, -0.05) is 50.2 Å². The maximum Gasteiger partial charge on any atom is 0.242 e. The summed E-state index contributed by atoms with van der Waals surface area (Å²) in [6, 6.07) is 15.4. The second-order valence-electron chi connectivity index (χ2n) is 7.51. The fraction of sp³-hybridized carbons (Fsp3) is 0.440. The summed E-state index contributed by atoms with van der Waals surface area (Å²) in [7, 11) is 1.62. The minimum absolute atomic E-state index is 0.0310. The molecule has 0 aliphatic rings. The van der Waals surface area contributed by atoms with Crippen molar-refractivity contribution in [2.24, 2.45) is 0 Å². The lowest BCUT2D eigenvalue weighted by Gasteiger charge is -2.29. The van der Waals surface area contributed by atoms with Crippen LogP contribution in [0.2, 0.25) is 0 Å². The summed E-state index contributed by atoms with van der Waals surface area (Å²) in [5.41, 5.74) is 3.35. The van der Waals surface area contributed by atoms with Crippen molar-refractivity contribution >= 4 is 11.8 Å². The molecule has 5 nitrogen and oxygen atoms in total. The number of nitrogens with one attached hydrogen (secondary N) is 1. The van der Waals surface area contributed by atoms with Crippen LogP contribution in [0, 0.1) is 0 Å². The number of nitrogens with zero attached hydrogens (tertiary/aromatic N) is 1. The first-order valence-corrected chi connectivity index (χ1v) is 10.8. The molecule has 0 fully saturated rings. The van der Waals surface area contributed by atoms with Gasteiger partial charge in [0.1, 0.15) is 11.8 Å². The minimum Gasteiger partial charge on any atom is -0.497 e. The molecular weight excluding hydrogens is 376 g/mol. The van der Waals surface area contributed by atoms with Gasteiger partial charge in [0.05, 0.1) is 7.11 Å². The first-order valence-electron chi connectivity index (χ1n) is 10.8. The molecule has 1 N–H and O–H groups in total. The molecule has 0 bridgehead atoms. The Balaban J connectivity index is 2.13. The average Bonchev–Trinajstić information content (AvgIpc) is 2.79. The summed E-state index contributed by atoms with van der Waals surface area (Å²) in [6.45, 7) is 6.90. The van der Waals surface area contributed by atoms with Crippen molar-refractivity contribution in [1.82, 2.24) is 10.2 Å². The molecule has 2 amide bonds. The lowest BCUT2D eigenvalue weighted by atomic mass is 10.0. The van der Waals surface area contributed by atoms with Gasteiger partial charge in [0.2, 0.25) is 11.8 Å². The number of methoxy groups -OCH3 is 1. The summed E-state index contributed by atoms with van der Waals surface area (Å²) in [5.74, 6) is 0.580. The summed E-state index contributed by atoms with van der Waals surface area (Å²) < 4.78 is 5.30. The first kappa shape index (κ1) is 23.5. The highest BCUT2D eigenvalue weighted by molar-refractivity contribution is 5.87. The summed E-state index contributed by atoms with van der Waals surface area (Å²) in [5, 5.41) is 2.90. The van der Waals surface area contributed by atoms with E-state index in [1.165, 1.54) is 5.56 Å². The lowest BCUT2D eigenvalue weighted by Crippen LogP contribution is -2.47. The lowest BCUT2D eigenvalue weighted by molar-refractivity contribution is -0.140. The predicted octanol–water partition coefficient (Wildman–Crippen LogP) is 4.13. The van der Waals surface area contributed by atoms with Gasteiger partial charge in [-0.25, -0.2) is 0 Å². The zero-order chi connectivity index (χ0) is 21.9. The molecule has 1 unspecified atom stereocenters. The van der Waals surface area contributed by atoms with E-state index in [1.807, 2.05) is 31.2 Å². The molecule has 2 aromatic rings. The number of amides is 2. The quantitative estimate of drug-likeness (QED) is 0.606. The number of rotatable bonds is 11. The van der Waals surface area contributed by atoms with Crippen LogP contribution in [0.4, 0.5) is 0 Å². The highest BCUT2D eigenvalue weighted by Crippen LogP contribution is 2.17. The standard InChI is InChI=1S/C25H34N2O3/c1-5-16-26-25(29)19(3)27(18-22-8-7-9-23(17-22)30-4)24(28)15-14-21-12-10-20(6-2)11-13-21/h7-13,17,19H,5-6,14-16,18H2,1-4H3,(H,26,29). The number of ether oxygens (including phenoxy) is 1. The molecule has 0 radical (unpaired) electrons. The topological polar surface area (TPSA) is 58.6 Å². The molecule has 2 rings (SSSR count). The highest BCUT2D eigenvalue weighted by Gasteiger charge is 2.25. The van der Waals surface area contributed by atoms with Crippen LogP contribution in [-0.4, -0.2) is 36.4 Å². The molecule has 0 saturated carbocycles. The van der Waals surface area contributed by atoms with Crippen LogP contribution in [0.1, 0.15) is 50.3 Å². The van der Waals surface area contributed by atoms with Crippen molar-refractivity contribution < 1.29 is 14.3 Å². The smallest absolute Gasteiger partial charge is 0.242 e. The van der Waals surface area contributed by atoms with Crippen molar-refractivity contribution in [3.8, 4) is 5.75 Å². The van der Waals surface area contributed by atoms with Gasteiger partial charge >= 0.3 is 0 Å². The number of benzene rings is 2. The second kappa shape index (κ2) is 12.0. The maximum absolute atomic E-state index is 13.1. The van der Waals surface area contributed by atoms with E-state index in [0.29, 0.717) is 25.9 Å². The predicted molar refractivity (Wildman–Crippen MR) is 120 cm³/mol. The molecule has 0 spiro atoms. The van der Waals surface area contributed by atoms with Gasteiger partial charge in [-0.2, -0.15) is 0 Å². The number of carbonyl (C=O) groups is 2. The molecule has 162 valence electrons. The van der Waals surface area contributed by atoms with Gasteiger partial charge in [0.15, 0.2) is 0 Å². The van der Waals surface area contributed by atoms with Gasteiger partial charge in [-0.05, 0) is 55.0 Å². The normalized spacial score (nSPS) is 11.6. The van der Waals surface area contributed by atoms with Crippen LogP contribution < -0.4 is 10.1 Å². The Morgan fingerprint density at radius 3 is 2.37 bits per heavy atom. The van der Waals surface area contributed by atoms with Crippen LogP contribution in [0.25, 0.3) is 0 Å². The Bertz CT molecular complexity index is 817. The third-order valence-corrected chi connectivity index (χ3v) is 5.26. The third-order valence-electron chi connectivity index (χ3n) is 5.26.